The molecule has 6 rings (SSSR count). The third-order valence-corrected chi connectivity index (χ3v) is 10.1. The van der Waals surface area contributed by atoms with Crippen LogP contribution in [0.5, 0.6) is 23.1 Å². The number of allylic oxidation sites excluding steroid dienone is 1. The van der Waals surface area contributed by atoms with Crippen LogP contribution < -0.4 is 14.2 Å². The maximum absolute atomic E-state index is 13.3. The Kier molecular flexibility index (Phi) is 13.1. The van der Waals surface area contributed by atoms with Crippen molar-refractivity contribution in [2.45, 2.75) is 60.1 Å². The highest BCUT2D eigenvalue weighted by atomic mass is 35.5. The molecule has 1 aliphatic heterocycles. The van der Waals surface area contributed by atoms with Crippen LogP contribution in [0.15, 0.2) is 109 Å². The number of pyridine rings is 1. The number of carbonyl (C=O) groups excluding carboxylic acids is 1. The Morgan fingerprint density at radius 1 is 0.815 bits per heavy atom. The number of hydrogen-bond donors (Lipinski definition) is 0. The summed E-state index contributed by atoms with van der Waals surface area (Å²) in [6.45, 7) is 15.3. The molecule has 4 aromatic carbocycles. The van der Waals surface area contributed by atoms with E-state index in [1.54, 1.807) is 18.3 Å². The van der Waals surface area contributed by atoms with Crippen LogP contribution in [0.4, 0.5) is 0 Å². The van der Waals surface area contributed by atoms with Gasteiger partial charge in [0.15, 0.2) is 5.75 Å². The fraction of sp³-hybridized carbons (Fsp3) is 0.304. The molecule has 0 N–H and O–H groups in total. The SMILES string of the molecule is C/C(=C/C(=O)N1CCN(Cc2ccc(CCOc3ccc(C(C)C)cc3)cc2)CC1)c1cc(C)c(Oc2ccc(OCc3ccc(C)cc3)cn2)c(Cl)c1. The van der Waals surface area contributed by atoms with Gasteiger partial charge in [-0.15, -0.1) is 0 Å². The Hall–Kier alpha value is -5.11. The molecule has 2 heterocycles. The van der Waals surface area contributed by atoms with Gasteiger partial charge in [-0.2, -0.15) is 0 Å². The molecule has 0 saturated carbocycles. The van der Waals surface area contributed by atoms with Crippen molar-refractivity contribution in [2.24, 2.45) is 0 Å². The zero-order valence-corrected chi connectivity index (χ0v) is 32.7. The molecular formula is C46H50ClN3O4. The van der Waals surface area contributed by atoms with Crippen LogP contribution in [-0.2, 0) is 24.4 Å². The zero-order chi connectivity index (χ0) is 38.0. The minimum Gasteiger partial charge on any atom is -0.493 e. The third kappa shape index (κ3) is 10.7. The molecular weight excluding hydrogens is 694 g/mol. The molecule has 5 aromatic rings. The van der Waals surface area contributed by atoms with Crippen LogP contribution in [0.1, 0.15) is 65.6 Å². The summed E-state index contributed by atoms with van der Waals surface area (Å²) in [7, 11) is 0. The lowest BCUT2D eigenvalue weighted by Gasteiger charge is -2.34. The van der Waals surface area contributed by atoms with Gasteiger partial charge in [0.05, 0.1) is 17.8 Å². The second-order valence-electron chi connectivity index (χ2n) is 14.4. The van der Waals surface area contributed by atoms with Crippen LogP contribution in [0.2, 0.25) is 5.02 Å². The number of ether oxygens (including phenoxy) is 3. The van der Waals surface area contributed by atoms with E-state index in [4.69, 9.17) is 25.8 Å². The number of nitrogens with zero attached hydrogens (tertiary/aromatic N) is 3. The van der Waals surface area contributed by atoms with Crippen LogP contribution in [0, 0.1) is 13.8 Å². The Balaban J connectivity index is 0.944. The second-order valence-corrected chi connectivity index (χ2v) is 14.8. The van der Waals surface area contributed by atoms with E-state index in [1.165, 1.54) is 22.3 Å². The molecule has 0 spiro atoms. The molecule has 1 aromatic heterocycles. The maximum atomic E-state index is 13.3. The predicted octanol–water partition coefficient (Wildman–Crippen LogP) is 10.2. The van der Waals surface area contributed by atoms with Gasteiger partial charge in [-0.05, 0) is 96.0 Å². The van der Waals surface area contributed by atoms with Gasteiger partial charge in [-0.1, -0.05) is 91.7 Å². The molecule has 1 amide bonds. The minimum atomic E-state index is 0.0116. The fourth-order valence-electron chi connectivity index (χ4n) is 6.35. The van der Waals surface area contributed by atoms with Gasteiger partial charge >= 0.3 is 0 Å². The molecule has 1 saturated heterocycles. The van der Waals surface area contributed by atoms with E-state index in [0.29, 0.717) is 54.6 Å². The average Bonchev–Trinajstić information content (AvgIpc) is 3.17. The number of carbonyl (C=O) groups is 1. The van der Waals surface area contributed by atoms with Crippen LogP contribution in [0.3, 0.4) is 0 Å². The maximum Gasteiger partial charge on any atom is 0.246 e. The quantitative estimate of drug-likeness (QED) is 0.106. The van der Waals surface area contributed by atoms with Crippen molar-refractivity contribution in [2.75, 3.05) is 32.8 Å². The molecule has 0 bridgehead atoms. The first kappa shape index (κ1) is 38.6. The van der Waals surface area contributed by atoms with Gasteiger partial charge in [0.1, 0.15) is 18.1 Å². The Bertz CT molecular complexity index is 1990. The predicted molar refractivity (Wildman–Crippen MR) is 218 cm³/mol. The standard InChI is InChI=1S/C46H50ClN3O4/c1-32(2)39-14-16-41(17-15-39)52-25-20-36-10-12-37(13-11-36)30-49-21-23-50(24-22-49)45(51)27-34(4)40-26-35(5)46(43(47)28-40)54-44-19-18-42(29-48-44)53-31-38-8-6-33(3)7-9-38/h6-19,26-29,32H,20-25,30-31H2,1-5H3/b34-27-. The summed E-state index contributed by atoms with van der Waals surface area (Å²) >= 11 is 6.71. The Morgan fingerprint density at radius 3 is 2.13 bits per heavy atom. The van der Waals surface area contributed by atoms with Crippen molar-refractivity contribution in [1.82, 2.24) is 14.8 Å². The number of benzene rings is 4. The van der Waals surface area contributed by atoms with Gasteiger partial charge in [-0.25, -0.2) is 4.98 Å². The lowest BCUT2D eigenvalue weighted by molar-refractivity contribution is -0.127. The lowest BCUT2D eigenvalue weighted by atomic mass is 10.0. The Labute approximate surface area is 325 Å². The molecule has 8 heteroatoms. The van der Waals surface area contributed by atoms with E-state index >= 15 is 0 Å². The summed E-state index contributed by atoms with van der Waals surface area (Å²) in [5.41, 5.74) is 8.73. The number of rotatable bonds is 14. The fourth-order valence-corrected chi connectivity index (χ4v) is 6.65. The number of aromatic nitrogens is 1. The van der Waals surface area contributed by atoms with E-state index in [9.17, 15) is 4.79 Å². The van der Waals surface area contributed by atoms with E-state index in [-0.39, 0.29) is 5.91 Å². The van der Waals surface area contributed by atoms with Crippen molar-refractivity contribution in [3.63, 3.8) is 0 Å². The van der Waals surface area contributed by atoms with Crippen molar-refractivity contribution in [1.29, 1.82) is 0 Å². The summed E-state index contributed by atoms with van der Waals surface area (Å²) in [5.74, 6) is 3.04. The first-order valence-electron chi connectivity index (χ1n) is 18.7. The van der Waals surface area contributed by atoms with Gasteiger partial charge in [-0.3, -0.25) is 9.69 Å². The minimum absolute atomic E-state index is 0.0116. The number of hydrogen-bond acceptors (Lipinski definition) is 6. The van der Waals surface area contributed by atoms with Crippen molar-refractivity contribution >= 4 is 23.1 Å². The number of halogens is 1. The summed E-state index contributed by atoms with van der Waals surface area (Å²) in [6, 6.07) is 32.8. The van der Waals surface area contributed by atoms with Crippen LogP contribution in [-0.4, -0.2) is 53.5 Å². The summed E-state index contributed by atoms with van der Waals surface area (Å²) in [5, 5.41) is 0.453. The normalized spacial score (nSPS) is 13.6. The summed E-state index contributed by atoms with van der Waals surface area (Å²) in [4.78, 5) is 22.0. The molecule has 280 valence electrons. The molecule has 7 nitrogen and oxygen atoms in total. The molecule has 0 radical (unpaired) electrons. The lowest BCUT2D eigenvalue weighted by Crippen LogP contribution is -2.47. The zero-order valence-electron chi connectivity index (χ0n) is 32.0. The first-order chi connectivity index (χ1) is 26.1. The molecule has 0 unspecified atom stereocenters. The first-order valence-corrected chi connectivity index (χ1v) is 19.1. The molecule has 0 aliphatic carbocycles. The van der Waals surface area contributed by atoms with E-state index < -0.39 is 0 Å². The van der Waals surface area contributed by atoms with Crippen molar-refractivity contribution in [3.05, 3.63) is 153 Å². The number of amides is 1. The molecule has 1 fully saturated rings. The molecule has 1 aliphatic rings. The van der Waals surface area contributed by atoms with Gasteiger partial charge in [0.25, 0.3) is 0 Å². The van der Waals surface area contributed by atoms with Crippen LogP contribution >= 0.6 is 11.6 Å². The largest absolute Gasteiger partial charge is 0.493 e. The average molecular weight is 744 g/mol. The van der Waals surface area contributed by atoms with E-state index in [0.717, 1.165) is 54.1 Å². The summed E-state index contributed by atoms with van der Waals surface area (Å²) in [6.07, 6.45) is 4.21. The van der Waals surface area contributed by atoms with E-state index in [2.05, 4.69) is 103 Å². The molecule has 54 heavy (non-hydrogen) atoms. The highest BCUT2D eigenvalue weighted by Crippen LogP contribution is 2.35. The highest BCUT2D eigenvalue weighted by molar-refractivity contribution is 6.32. The topological polar surface area (TPSA) is 64.1 Å². The van der Waals surface area contributed by atoms with Gasteiger partial charge in [0, 0.05) is 51.3 Å². The third-order valence-electron chi connectivity index (χ3n) is 9.79. The smallest absolute Gasteiger partial charge is 0.246 e. The van der Waals surface area contributed by atoms with Gasteiger partial charge < -0.3 is 19.1 Å². The van der Waals surface area contributed by atoms with Crippen molar-refractivity contribution in [3.8, 4) is 23.1 Å². The number of aryl methyl sites for hydroxylation is 2. The Morgan fingerprint density at radius 2 is 1.48 bits per heavy atom. The van der Waals surface area contributed by atoms with Crippen LogP contribution in [0.25, 0.3) is 5.57 Å². The van der Waals surface area contributed by atoms with Gasteiger partial charge in [0.2, 0.25) is 11.8 Å². The van der Waals surface area contributed by atoms with Crippen molar-refractivity contribution < 1.29 is 19.0 Å². The summed E-state index contributed by atoms with van der Waals surface area (Å²) < 4.78 is 17.9. The van der Waals surface area contributed by atoms with E-state index in [1.807, 2.05) is 36.9 Å². The molecule has 0 atom stereocenters. The monoisotopic (exact) mass is 743 g/mol. The second kappa shape index (κ2) is 18.3. The highest BCUT2D eigenvalue weighted by Gasteiger charge is 2.21. The number of piperazine rings is 1.